The molecule has 0 N–H and O–H groups in total. The molecule has 0 unspecified atom stereocenters. The summed E-state index contributed by atoms with van der Waals surface area (Å²) in [4.78, 5) is 14.1. The predicted molar refractivity (Wildman–Crippen MR) is 81.7 cm³/mol. The van der Waals surface area contributed by atoms with Crippen molar-refractivity contribution >= 4 is 6.09 Å². The van der Waals surface area contributed by atoms with Crippen molar-refractivity contribution in [1.29, 1.82) is 0 Å². The molecular formula is C17H23NO3. The van der Waals surface area contributed by atoms with Gasteiger partial charge in [0, 0.05) is 12.1 Å². The average molecular weight is 289 g/mol. The topological polar surface area (TPSA) is 38.8 Å². The number of ether oxygens (including phenoxy) is 2. The third-order valence-electron chi connectivity index (χ3n) is 3.76. The lowest BCUT2D eigenvalue weighted by molar-refractivity contribution is 0.0486. The summed E-state index contributed by atoms with van der Waals surface area (Å²) in [6, 6.07) is 9.73. The van der Waals surface area contributed by atoms with Gasteiger partial charge < -0.3 is 14.4 Å². The van der Waals surface area contributed by atoms with Crippen molar-refractivity contribution in [2.24, 2.45) is 0 Å². The highest BCUT2D eigenvalue weighted by atomic mass is 16.6. The molecule has 0 radical (unpaired) electrons. The van der Waals surface area contributed by atoms with Gasteiger partial charge >= 0.3 is 6.09 Å². The zero-order valence-corrected chi connectivity index (χ0v) is 13.0. The number of amides is 1. The zero-order valence-electron chi connectivity index (χ0n) is 13.0. The number of benzene rings is 1. The first-order chi connectivity index (χ1) is 10.0. The number of hydrogen-bond acceptors (Lipinski definition) is 3. The lowest BCUT2D eigenvalue weighted by Crippen LogP contribution is -2.51. The van der Waals surface area contributed by atoms with Crippen LogP contribution in [0.4, 0.5) is 4.79 Å². The van der Waals surface area contributed by atoms with E-state index in [-0.39, 0.29) is 11.6 Å². The van der Waals surface area contributed by atoms with Gasteiger partial charge in [0.2, 0.25) is 0 Å². The molecule has 21 heavy (non-hydrogen) atoms. The maximum Gasteiger partial charge on any atom is 0.410 e. The summed E-state index contributed by atoms with van der Waals surface area (Å²) in [5, 5.41) is 0. The molecule has 1 aromatic carbocycles. The highest BCUT2D eigenvalue weighted by Gasteiger charge is 2.36. The second-order valence-electron chi connectivity index (χ2n) is 5.94. The van der Waals surface area contributed by atoms with E-state index in [0.29, 0.717) is 13.2 Å². The Hall–Kier alpha value is -1.97. The molecule has 1 aliphatic rings. The van der Waals surface area contributed by atoms with Gasteiger partial charge in [-0.2, -0.15) is 0 Å². The van der Waals surface area contributed by atoms with Gasteiger partial charge in [0.25, 0.3) is 0 Å². The average Bonchev–Trinajstić information content (AvgIpc) is 2.45. The second kappa shape index (κ2) is 6.66. The van der Waals surface area contributed by atoms with Crippen molar-refractivity contribution in [2.45, 2.75) is 38.8 Å². The number of carbonyl (C=O) groups is 1. The van der Waals surface area contributed by atoms with Gasteiger partial charge in [-0.1, -0.05) is 30.3 Å². The summed E-state index contributed by atoms with van der Waals surface area (Å²) >= 11 is 0. The van der Waals surface area contributed by atoms with Crippen LogP contribution in [0.2, 0.25) is 0 Å². The maximum atomic E-state index is 12.3. The molecule has 1 aliphatic heterocycles. The van der Waals surface area contributed by atoms with Crippen molar-refractivity contribution < 1.29 is 14.3 Å². The highest BCUT2D eigenvalue weighted by molar-refractivity contribution is 5.69. The van der Waals surface area contributed by atoms with E-state index in [4.69, 9.17) is 9.47 Å². The molecule has 114 valence electrons. The molecule has 1 aromatic rings. The van der Waals surface area contributed by atoms with Crippen LogP contribution >= 0.6 is 0 Å². The molecule has 1 heterocycles. The smallest absolute Gasteiger partial charge is 0.410 e. The number of carbonyl (C=O) groups excluding carboxylic acids is 1. The summed E-state index contributed by atoms with van der Waals surface area (Å²) in [5.74, 6) is 0. The fourth-order valence-electron chi connectivity index (χ4n) is 2.70. The van der Waals surface area contributed by atoms with Gasteiger partial charge in [-0.05, 0) is 37.8 Å². The van der Waals surface area contributed by atoms with E-state index in [1.54, 1.807) is 13.4 Å². The van der Waals surface area contributed by atoms with Gasteiger partial charge in [-0.25, -0.2) is 4.79 Å². The molecule has 0 spiro atoms. The molecule has 0 atom stereocenters. The van der Waals surface area contributed by atoms with E-state index in [1.165, 1.54) is 5.57 Å². The molecule has 0 aliphatic carbocycles. The molecule has 1 amide bonds. The van der Waals surface area contributed by atoms with E-state index in [9.17, 15) is 4.79 Å². The van der Waals surface area contributed by atoms with Crippen LogP contribution in [0.1, 0.15) is 32.3 Å². The molecule has 1 saturated heterocycles. The van der Waals surface area contributed by atoms with Crippen molar-refractivity contribution in [3.05, 3.63) is 47.7 Å². The molecule has 4 nitrogen and oxygen atoms in total. The van der Waals surface area contributed by atoms with Gasteiger partial charge in [0.05, 0.1) is 13.4 Å². The fourth-order valence-corrected chi connectivity index (χ4v) is 2.70. The Bertz CT molecular complexity index is 508. The second-order valence-corrected chi connectivity index (χ2v) is 5.94. The molecule has 4 heteroatoms. The summed E-state index contributed by atoms with van der Waals surface area (Å²) in [6.07, 6.45) is 3.17. The minimum absolute atomic E-state index is 0.250. The lowest BCUT2D eigenvalue weighted by Gasteiger charge is -2.42. The number of rotatable bonds is 3. The Morgan fingerprint density at radius 3 is 2.67 bits per heavy atom. The molecule has 1 fully saturated rings. The first-order valence-corrected chi connectivity index (χ1v) is 7.22. The van der Waals surface area contributed by atoms with Crippen LogP contribution in [0.3, 0.4) is 0 Å². The van der Waals surface area contributed by atoms with Gasteiger partial charge in [0.1, 0.15) is 6.61 Å². The minimum Gasteiger partial charge on any atom is -0.504 e. The summed E-state index contributed by atoms with van der Waals surface area (Å²) in [5.41, 5.74) is 1.98. The zero-order chi connectivity index (χ0) is 15.3. The molecule has 0 aromatic heterocycles. The van der Waals surface area contributed by atoms with Crippen LogP contribution in [-0.4, -0.2) is 30.2 Å². The Kier molecular flexibility index (Phi) is 4.89. The van der Waals surface area contributed by atoms with Crippen LogP contribution in [0.5, 0.6) is 0 Å². The monoisotopic (exact) mass is 289 g/mol. The van der Waals surface area contributed by atoms with E-state index < -0.39 is 0 Å². The van der Waals surface area contributed by atoms with E-state index in [1.807, 2.05) is 35.2 Å². The number of hydrogen-bond donors (Lipinski definition) is 0. The Labute approximate surface area is 126 Å². The number of likely N-dealkylation sites (tertiary alicyclic amines) is 1. The third-order valence-corrected chi connectivity index (χ3v) is 3.76. The van der Waals surface area contributed by atoms with Gasteiger partial charge in [0.15, 0.2) is 0 Å². The van der Waals surface area contributed by atoms with E-state index >= 15 is 0 Å². The molecule has 0 saturated carbocycles. The number of piperidine rings is 1. The standard InChI is InChI=1S/C17H23NO3/c1-17(2)11-15(12-20-3)9-10-18(17)16(19)21-13-14-7-5-4-6-8-14/h4-8,12H,9-11,13H2,1-3H3/b15-12-. The first kappa shape index (κ1) is 15.4. The highest BCUT2D eigenvalue weighted by Crippen LogP contribution is 2.31. The molecule has 2 rings (SSSR count). The third kappa shape index (κ3) is 4.00. The maximum absolute atomic E-state index is 12.3. The van der Waals surface area contributed by atoms with Crippen LogP contribution in [0.25, 0.3) is 0 Å². The number of methoxy groups -OCH3 is 1. The van der Waals surface area contributed by atoms with Crippen molar-refractivity contribution in [3.63, 3.8) is 0 Å². The van der Waals surface area contributed by atoms with Crippen LogP contribution in [0.15, 0.2) is 42.2 Å². The minimum atomic E-state index is -0.254. The Morgan fingerprint density at radius 2 is 2.05 bits per heavy atom. The van der Waals surface area contributed by atoms with Gasteiger partial charge in [-0.3, -0.25) is 0 Å². The van der Waals surface area contributed by atoms with Crippen molar-refractivity contribution in [2.75, 3.05) is 13.7 Å². The SMILES string of the molecule is CO/C=C1/CCN(C(=O)OCc2ccccc2)C(C)(C)C1. The van der Waals surface area contributed by atoms with Crippen LogP contribution in [0, 0.1) is 0 Å². The Morgan fingerprint density at radius 1 is 1.33 bits per heavy atom. The largest absolute Gasteiger partial charge is 0.504 e. The Balaban J connectivity index is 1.95. The quantitative estimate of drug-likeness (QED) is 0.796. The first-order valence-electron chi connectivity index (χ1n) is 7.22. The van der Waals surface area contributed by atoms with E-state index in [0.717, 1.165) is 18.4 Å². The molecular weight excluding hydrogens is 266 g/mol. The fraction of sp³-hybridized carbons (Fsp3) is 0.471. The summed E-state index contributed by atoms with van der Waals surface area (Å²) in [6.45, 7) is 5.09. The predicted octanol–water partition coefficient (Wildman–Crippen LogP) is 3.73. The van der Waals surface area contributed by atoms with E-state index in [2.05, 4.69) is 13.8 Å². The van der Waals surface area contributed by atoms with Crippen molar-refractivity contribution in [3.8, 4) is 0 Å². The molecule has 0 bridgehead atoms. The summed E-state index contributed by atoms with van der Waals surface area (Å²) < 4.78 is 10.5. The summed E-state index contributed by atoms with van der Waals surface area (Å²) in [7, 11) is 1.65. The van der Waals surface area contributed by atoms with Crippen LogP contribution < -0.4 is 0 Å². The normalized spacial score (nSPS) is 19.4. The van der Waals surface area contributed by atoms with Gasteiger partial charge in [-0.15, -0.1) is 0 Å². The van der Waals surface area contributed by atoms with Crippen LogP contribution in [-0.2, 0) is 16.1 Å². The lowest BCUT2D eigenvalue weighted by atomic mass is 9.88. The number of nitrogens with zero attached hydrogens (tertiary/aromatic N) is 1. The van der Waals surface area contributed by atoms with Crippen molar-refractivity contribution in [1.82, 2.24) is 4.90 Å².